The SMILES string of the molecule is Cc1cccc(CNC(=O)C(C)NC(=O)c2ccccc2)c1. The van der Waals surface area contributed by atoms with E-state index in [9.17, 15) is 9.59 Å². The topological polar surface area (TPSA) is 58.2 Å². The van der Waals surface area contributed by atoms with Gasteiger partial charge in [0.1, 0.15) is 6.04 Å². The van der Waals surface area contributed by atoms with Crippen molar-refractivity contribution in [2.45, 2.75) is 26.4 Å². The second-order valence-corrected chi connectivity index (χ2v) is 5.27. The second-order valence-electron chi connectivity index (χ2n) is 5.27. The van der Waals surface area contributed by atoms with Crippen LogP contribution < -0.4 is 10.6 Å². The normalized spacial score (nSPS) is 11.5. The summed E-state index contributed by atoms with van der Waals surface area (Å²) in [4.78, 5) is 24.0. The molecule has 0 fully saturated rings. The van der Waals surface area contributed by atoms with Crippen LogP contribution in [0.4, 0.5) is 0 Å². The van der Waals surface area contributed by atoms with Gasteiger partial charge in [-0.05, 0) is 31.5 Å². The number of aryl methyl sites for hydroxylation is 1. The Hall–Kier alpha value is -2.62. The molecule has 0 radical (unpaired) electrons. The summed E-state index contributed by atoms with van der Waals surface area (Å²) in [5.74, 6) is -0.454. The molecule has 0 bridgehead atoms. The lowest BCUT2D eigenvalue weighted by Crippen LogP contribution is -2.44. The number of carbonyl (C=O) groups excluding carboxylic acids is 2. The van der Waals surface area contributed by atoms with Crippen LogP contribution in [0.1, 0.15) is 28.4 Å². The van der Waals surface area contributed by atoms with E-state index < -0.39 is 6.04 Å². The largest absolute Gasteiger partial charge is 0.350 e. The van der Waals surface area contributed by atoms with Gasteiger partial charge in [0.15, 0.2) is 0 Å². The molecule has 4 nitrogen and oxygen atoms in total. The van der Waals surface area contributed by atoms with Crippen LogP contribution in [0.2, 0.25) is 0 Å². The molecule has 2 amide bonds. The predicted octanol–water partition coefficient (Wildman–Crippen LogP) is 2.43. The fourth-order valence-corrected chi connectivity index (χ4v) is 2.10. The van der Waals surface area contributed by atoms with Gasteiger partial charge in [0, 0.05) is 12.1 Å². The minimum absolute atomic E-state index is 0.203. The Kier molecular flexibility index (Phi) is 5.31. The van der Waals surface area contributed by atoms with Crippen molar-refractivity contribution in [2.75, 3.05) is 0 Å². The number of amides is 2. The van der Waals surface area contributed by atoms with E-state index in [0.29, 0.717) is 12.1 Å². The fourth-order valence-electron chi connectivity index (χ4n) is 2.10. The Bertz CT molecular complexity index is 653. The average Bonchev–Trinajstić information content (AvgIpc) is 2.53. The molecule has 4 heteroatoms. The van der Waals surface area contributed by atoms with Crippen LogP contribution in [-0.2, 0) is 11.3 Å². The molecule has 0 aliphatic heterocycles. The lowest BCUT2D eigenvalue weighted by atomic mass is 10.1. The van der Waals surface area contributed by atoms with Gasteiger partial charge in [-0.25, -0.2) is 0 Å². The van der Waals surface area contributed by atoms with Gasteiger partial charge in [-0.3, -0.25) is 9.59 Å². The van der Waals surface area contributed by atoms with Crippen LogP contribution in [0.5, 0.6) is 0 Å². The van der Waals surface area contributed by atoms with Gasteiger partial charge in [0.2, 0.25) is 5.91 Å². The van der Waals surface area contributed by atoms with E-state index in [1.807, 2.05) is 37.3 Å². The number of hydrogen-bond donors (Lipinski definition) is 2. The van der Waals surface area contributed by atoms with E-state index in [2.05, 4.69) is 10.6 Å². The van der Waals surface area contributed by atoms with Crippen molar-refractivity contribution >= 4 is 11.8 Å². The van der Waals surface area contributed by atoms with Crippen molar-refractivity contribution in [1.82, 2.24) is 10.6 Å². The summed E-state index contributed by atoms with van der Waals surface area (Å²) in [6, 6.07) is 16.2. The predicted molar refractivity (Wildman–Crippen MR) is 86.4 cm³/mol. The van der Waals surface area contributed by atoms with Crippen molar-refractivity contribution in [1.29, 1.82) is 0 Å². The highest BCUT2D eigenvalue weighted by Gasteiger charge is 2.16. The Morgan fingerprint density at radius 2 is 1.77 bits per heavy atom. The highest BCUT2D eigenvalue weighted by molar-refractivity contribution is 5.97. The van der Waals surface area contributed by atoms with Crippen molar-refractivity contribution in [2.24, 2.45) is 0 Å². The van der Waals surface area contributed by atoms with Crippen molar-refractivity contribution in [3.05, 3.63) is 71.3 Å². The Labute approximate surface area is 130 Å². The third kappa shape index (κ3) is 4.45. The first-order valence-electron chi connectivity index (χ1n) is 7.25. The first-order valence-corrected chi connectivity index (χ1v) is 7.25. The number of benzene rings is 2. The summed E-state index contributed by atoms with van der Waals surface area (Å²) in [7, 11) is 0. The van der Waals surface area contributed by atoms with E-state index in [1.165, 1.54) is 0 Å². The monoisotopic (exact) mass is 296 g/mol. The Morgan fingerprint density at radius 3 is 2.45 bits per heavy atom. The quantitative estimate of drug-likeness (QED) is 0.890. The van der Waals surface area contributed by atoms with E-state index >= 15 is 0 Å². The van der Waals surface area contributed by atoms with Crippen LogP contribution in [-0.4, -0.2) is 17.9 Å². The molecule has 0 saturated heterocycles. The van der Waals surface area contributed by atoms with Gasteiger partial charge < -0.3 is 10.6 Å². The molecular formula is C18H20N2O2. The molecule has 1 unspecified atom stereocenters. The Balaban J connectivity index is 1.86. The molecule has 2 rings (SSSR count). The summed E-state index contributed by atoms with van der Waals surface area (Å²) in [6.07, 6.45) is 0. The summed E-state index contributed by atoms with van der Waals surface area (Å²) in [5.41, 5.74) is 2.73. The number of rotatable bonds is 5. The van der Waals surface area contributed by atoms with Gasteiger partial charge in [-0.15, -0.1) is 0 Å². The first-order chi connectivity index (χ1) is 10.6. The molecule has 2 aromatic carbocycles. The van der Waals surface area contributed by atoms with Gasteiger partial charge in [-0.2, -0.15) is 0 Å². The highest BCUT2D eigenvalue weighted by atomic mass is 16.2. The summed E-state index contributed by atoms with van der Waals surface area (Å²) < 4.78 is 0. The van der Waals surface area contributed by atoms with E-state index in [-0.39, 0.29) is 11.8 Å². The number of carbonyl (C=O) groups is 2. The molecule has 0 heterocycles. The number of nitrogens with one attached hydrogen (secondary N) is 2. The standard InChI is InChI=1S/C18H20N2O2/c1-13-7-6-8-15(11-13)12-19-17(21)14(2)20-18(22)16-9-4-3-5-10-16/h3-11,14H,12H2,1-2H3,(H,19,21)(H,20,22). The van der Waals surface area contributed by atoms with Crippen LogP contribution >= 0.6 is 0 Å². The zero-order valence-electron chi connectivity index (χ0n) is 12.8. The smallest absolute Gasteiger partial charge is 0.251 e. The van der Waals surface area contributed by atoms with Gasteiger partial charge in [0.25, 0.3) is 5.91 Å². The third-order valence-corrected chi connectivity index (χ3v) is 3.33. The molecule has 0 spiro atoms. The zero-order chi connectivity index (χ0) is 15.9. The van der Waals surface area contributed by atoms with E-state index in [4.69, 9.17) is 0 Å². The van der Waals surface area contributed by atoms with Gasteiger partial charge in [-0.1, -0.05) is 48.0 Å². The van der Waals surface area contributed by atoms with Crippen LogP contribution in [0.15, 0.2) is 54.6 Å². The minimum Gasteiger partial charge on any atom is -0.350 e. The highest BCUT2D eigenvalue weighted by Crippen LogP contribution is 2.03. The van der Waals surface area contributed by atoms with Crippen LogP contribution in [0.3, 0.4) is 0 Å². The molecule has 22 heavy (non-hydrogen) atoms. The second kappa shape index (κ2) is 7.41. The van der Waals surface area contributed by atoms with Gasteiger partial charge >= 0.3 is 0 Å². The molecule has 0 saturated carbocycles. The molecule has 0 aliphatic carbocycles. The molecule has 1 atom stereocenters. The summed E-state index contributed by atoms with van der Waals surface area (Å²) >= 11 is 0. The maximum Gasteiger partial charge on any atom is 0.251 e. The Morgan fingerprint density at radius 1 is 1.05 bits per heavy atom. The van der Waals surface area contributed by atoms with E-state index in [1.54, 1.807) is 31.2 Å². The van der Waals surface area contributed by atoms with Crippen molar-refractivity contribution < 1.29 is 9.59 Å². The lowest BCUT2D eigenvalue weighted by Gasteiger charge is -2.14. The minimum atomic E-state index is -0.586. The average molecular weight is 296 g/mol. The first kappa shape index (κ1) is 15.8. The molecule has 0 aliphatic rings. The molecular weight excluding hydrogens is 276 g/mol. The van der Waals surface area contributed by atoms with Crippen molar-refractivity contribution in [3.8, 4) is 0 Å². The van der Waals surface area contributed by atoms with Gasteiger partial charge in [0.05, 0.1) is 0 Å². The van der Waals surface area contributed by atoms with Crippen molar-refractivity contribution in [3.63, 3.8) is 0 Å². The molecule has 0 aromatic heterocycles. The zero-order valence-corrected chi connectivity index (χ0v) is 12.8. The van der Waals surface area contributed by atoms with E-state index in [0.717, 1.165) is 11.1 Å². The maximum absolute atomic E-state index is 12.0. The fraction of sp³-hybridized carbons (Fsp3) is 0.222. The molecule has 2 N–H and O–H groups in total. The summed E-state index contributed by atoms with van der Waals surface area (Å²) in [6.45, 7) is 4.13. The van der Waals surface area contributed by atoms with Crippen LogP contribution in [0.25, 0.3) is 0 Å². The molecule has 114 valence electrons. The lowest BCUT2D eigenvalue weighted by molar-refractivity contribution is -0.122. The molecule has 2 aromatic rings. The third-order valence-electron chi connectivity index (χ3n) is 3.33. The summed E-state index contributed by atoms with van der Waals surface area (Å²) in [5, 5.41) is 5.52. The van der Waals surface area contributed by atoms with Crippen LogP contribution in [0, 0.1) is 6.92 Å². The number of hydrogen-bond acceptors (Lipinski definition) is 2. The maximum atomic E-state index is 12.0.